The number of carbonyl (C=O) groups excluding carboxylic acids is 1. The summed E-state index contributed by atoms with van der Waals surface area (Å²) in [7, 11) is 0. The summed E-state index contributed by atoms with van der Waals surface area (Å²) in [6.07, 6.45) is 0.520. The van der Waals surface area contributed by atoms with Gasteiger partial charge in [-0.2, -0.15) is 5.26 Å². The number of pyridine rings is 1. The molecule has 0 aliphatic carbocycles. The number of aromatic amines is 1. The van der Waals surface area contributed by atoms with Crippen molar-refractivity contribution in [2.24, 2.45) is 11.8 Å². The quantitative estimate of drug-likeness (QED) is 0.710. The van der Waals surface area contributed by atoms with E-state index in [2.05, 4.69) is 21.7 Å². The third-order valence-corrected chi connectivity index (χ3v) is 5.60. The van der Waals surface area contributed by atoms with Crippen LogP contribution in [0.15, 0.2) is 23.0 Å². The number of carbonyl (C=O) groups is 1. The molecule has 4 rings (SSSR count). The maximum absolute atomic E-state index is 13.5. The molecule has 3 heterocycles. The van der Waals surface area contributed by atoms with Gasteiger partial charge in [0.2, 0.25) is 5.91 Å². The molecule has 0 spiro atoms. The predicted octanol–water partition coefficient (Wildman–Crippen LogP) is 0.982. The van der Waals surface area contributed by atoms with Gasteiger partial charge in [-0.3, -0.25) is 9.59 Å². The lowest BCUT2D eigenvalue weighted by Crippen LogP contribution is -2.62. The lowest BCUT2D eigenvalue weighted by Gasteiger charge is -2.43. The number of nitriles is 1. The molecule has 1 aromatic carbocycles. The number of hydrogen-bond acceptors (Lipinski definition) is 5. The number of piperidine rings is 1. The molecule has 2 aromatic rings. The van der Waals surface area contributed by atoms with E-state index in [4.69, 9.17) is 10.00 Å². The van der Waals surface area contributed by atoms with Crippen molar-refractivity contribution in [1.82, 2.24) is 15.6 Å². The van der Waals surface area contributed by atoms with Crippen LogP contribution in [0.2, 0.25) is 0 Å². The first kappa shape index (κ1) is 19.5. The third kappa shape index (κ3) is 3.99. The Kier molecular flexibility index (Phi) is 5.30. The maximum atomic E-state index is 13.5. The highest BCUT2D eigenvalue weighted by Crippen LogP contribution is 2.26. The first-order valence-corrected chi connectivity index (χ1v) is 9.45. The van der Waals surface area contributed by atoms with E-state index in [1.807, 2.05) is 0 Å². The number of benzene rings is 1. The number of fused-ring (bicyclic) bond motifs is 2. The molecule has 3 N–H and O–H groups in total. The zero-order valence-electron chi connectivity index (χ0n) is 15.5. The van der Waals surface area contributed by atoms with Gasteiger partial charge in [0.25, 0.3) is 5.56 Å². The first-order chi connectivity index (χ1) is 13.9. The van der Waals surface area contributed by atoms with E-state index in [1.54, 1.807) is 0 Å². The van der Waals surface area contributed by atoms with E-state index in [0.717, 1.165) is 12.1 Å². The second-order valence-electron chi connectivity index (χ2n) is 7.62. The highest BCUT2D eigenvalue weighted by molar-refractivity contribution is 5.83. The summed E-state index contributed by atoms with van der Waals surface area (Å²) >= 11 is 0. The van der Waals surface area contributed by atoms with Crippen LogP contribution < -0.4 is 16.2 Å². The summed E-state index contributed by atoms with van der Waals surface area (Å²) in [5.41, 5.74) is -0.195. The molecule has 29 heavy (non-hydrogen) atoms. The third-order valence-electron chi connectivity index (χ3n) is 5.60. The average molecular weight is 402 g/mol. The Morgan fingerprint density at radius 1 is 1.28 bits per heavy atom. The molecular weight excluding hydrogens is 382 g/mol. The molecule has 1 aromatic heterocycles. The number of ether oxygens (including phenoxy) is 1. The van der Waals surface area contributed by atoms with E-state index in [1.165, 1.54) is 6.07 Å². The van der Waals surface area contributed by atoms with Crippen LogP contribution in [-0.4, -0.2) is 42.7 Å². The van der Waals surface area contributed by atoms with Crippen LogP contribution in [0.25, 0.3) is 10.9 Å². The fourth-order valence-electron chi connectivity index (χ4n) is 4.17. The number of halogens is 2. The van der Waals surface area contributed by atoms with Crippen LogP contribution in [0.4, 0.5) is 8.78 Å². The first-order valence-electron chi connectivity index (χ1n) is 9.45. The van der Waals surface area contributed by atoms with Crippen molar-refractivity contribution in [2.45, 2.75) is 24.9 Å². The minimum Gasteiger partial charge on any atom is -0.379 e. The van der Waals surface area contributed by atoms with E-state index in [9.17, 15) is 18.4 Å². The highest BCUT2D eigenvalue weighted by atomic mass is 19.2. The van der Waals surface area contributed by atoms with Crippen molar-refractivity contribution in [3.63, 3.8) is 0 Å². The van der Waals surface area contributed by atoms with Gasteiger partial charge < -0.3 is 20.4 Å². The largest absolute Gasteiger partial charge is 0.379 e. The van der Waals surface area contributed by atoms with E-state index in [0.29, 0.717) is 31.6 Å². The van der Waals surface area contributed by atoms with E-state index in [-0.39, 0.29) is 47.3 Å². The van der Waals surface area contributed by atoms with Crippen LogP contribution in [0.3, 0.4) is 0 Å². The Balaban J connectivity index is 1.47. The Labute approximate surface area is 165 Å². The van der Waals surface area contributed by atoms with Crippen LogP contribution in [0.1, 0.15) is 12.0 Å². The molecule has 152 valence electrons. The molecular formula is C20H20F2N4O3. The van der Waals surface area contributed by atoms with Gasteiger partial charge in [0.05, 0.1) is 43.2 Å². The van der Waals surface area contributed by atoms with Gasteiger partial charge in [-0.25, -0.2) is 8.78 Å². The lowest BCUT2D eigenvalue weighted by atomic mass is 9.81. The SMILES string of the molecule is N#CC1CNC2C(COC[C@@H]2NC(=O)Cc2cc3cc(F)c(F)cc3[nH]c2=O)C1. The van der Waals surface area contributed by atoms with Crippen LogP contribution in [0, 0.1) is 34.8 Å². The molecule has 3 unspecified atom stereocenters. The molecule has 2 aliphatic heterocycles. The van der Waals surface area contributed by atoms with E-state index >= 15 is 0 Å². The molecule has 4 atom stereocenters. The van der Waals surface area contributed by atoms with Gasteiger partial charge in [-0.1, -0.05) is 0 Å². The molecule has 7 nitrogen and oxygen atoms in total. The van der Waals surface area contributed by atoms with Crippen molar-refractivity contribution in [1.29, 1.82) is 5.26 Å². The minimum absolute atomic E-state index is 0.00394. The molecule has 9 heteroatoms. The van der Waals surface area contributed by atoms with Gasteiger partial charge >= 0.3 is 0 Å². The van der Waals surface area contributed by atoms with E-state index < -0.39 is 17.2 Å². The van der Waals surface area contributed by atoms with Crippen LogP contribution >= 0.6 is 0 Å². The monoisotopic (exact) mass is 402 g/mol. The van der Waals surface area contributed by atoms with Crippen molar-refractivity contribution in [3.8, 4) is 6.07 Å². The summed E-state index contributed by atoms with van der Waals surface area (Å²) < 4.78 is 32.4. The zero-order valence-corrected chi connectivity index (χ0v) is 15.5. The predicted molar refractivity (Wildman–Crippen MR) is 99.9 cm³/mol. The molecule has 0 radical (unpaired) electrons. The average Bonchev–Trinajstić information content (AvgIpc) is 2.70. The van der Waals surface area contributed by atoms with Crippen LogP contribution in [-0.2, 0) is 16.0 Å². The molecule has 0 saturated carbocycles. The fourth-order valence-corrected chi connectivity index (χ4v) is 4.17. The Morgan fingerprint density at radius 3 is 2.86 bits per heavy atom. The van der Waals surface area contributed by atoms with Crippen molar-refractivity contribution in [2.75, 3.05) is 19.8 Å². The van der Waals surface area contributed by atoms with Gasteiger partial charge in [-0.05, 0) is 18.6 Å². The number of hydrogen-bond donors (Lipinski definition) is 3. The van der Waals surface area contributed by atoms with Crippen molar-refractivity contribution >= 4 is 16.8 Å². The number of H-pyrrole nitrogens is 1. The van der Waals surface area contributed by atoms with Crippen molar-refractivity contribution < 1.29 is 18.3 Å². The fraction of sp³-hybridized carbons (Fsp3) is 0.450. The Hall–Kier alpha value is -2.83. The summed E-state index contributed by atoms with van der Waals surface area (Å²) in [4.78, 5) is 27.3. The van der Waals surface area contributed by atoms with Gasteiger partial charge in [-0.15, -0.1) is 0 Å². The molecule has 2 saturated heterocycles. The van der Waals surface area contributed by atoms with Crippen LogP contribution in [0.5, 0.6) is 0 Å². The highest BCUT2D eigenvalue weighted by Gasteiger charge is 2.39. The Bertz CT molecular complexity index is 1050. The van der Waals surface area contributed by atoms with Gasteiger partial charge in [0.1, 0.15) is 0 Å². The summed E-state index contributed by atoms with van der Waals surface area (Å²) in [6.45, 7) is 1.45. The standard InChI is InChI=1S/C20H20F2N4O3/c21-14-3-11-2-12(20(28)26-16(11)5-15(14)22)4-18(27)25-17-9-29-8-13-1-10(6-23)7-24-19(13)17/h2-3,5,10,13,17,19,24H,1,4,7-9H2,(H,25,27)(H,26,28)/t10?,13?,17-,19?/m0/s1. The summed E-state index contributed by atoms with van der Waals surface area (Å²) in [5, 5.41) is 15.6. The maximum Gasteiger partial charge on any atom is 0.252 e. The number of nitrogens with one attached hydrogen (secondary N) is 3. The number of rotatable bonds is 3. The summed E-state index contributed by atoms with van der Waals surface area (Å²) in [5.74, 6) is -2.38. The van der Waals surface area contributed by atoms with Crippen molar-refractivity contribution in [3.05, 3.63) is 45.8 Å². The number of nitrogens with zero attached hydrogens (tertiary/aromatic N) is 1. The smallest absolute Gasteiger partial charge is 0.252 e. The van der Waals surface area contributed by atoms with Gasteiger partial charge in [0, 0.05) is 35.5 Å². The number of aromatic nitrogens is 1. The normalized spacial score (nSPS) is 26.5. The second kappa shape index (κ2) is 7.89. The molecule has 0 bridgehead atoms. The minimum atomic E-state index is -1.05. The summed E-state index contributed by atoms with van der Waals surface area (Å²) in [6, 6.07) is 5.29. The molecule has 2 aliphatic rings. The zero-order chi connectivity index (χ0) is 20.5. The lowest BCUT2D eigenvalue weighted by molar-refractivity contribution is -0.123. The second-order valence-corrected chi connectivity index (χ2v) is 7.62. The molecule has 1 amide bonds. The molecule has 2 fully saturated rings. The topological polar surface area (TPSA) is 107 Å². The Morgan fingerprint density at radius 2 is 2.07 bits per heavy atom. The van der Waals surface area contributed by atoms with Gasteiger partial charge in [0.15, 0.2) is 11.6 Å². The number of amides is 1.